The lowest BCUT2D eigenvalue weighted by molar-refractivity contribution is -0.138. The molecular formula is C20H40O2. The highest BCUT2D eigenvalue weighted by molar-refractivity contribution is 5.37. The topological polar surface area (TPSA) is 26.3 Å². The third-order valence-corrected chi connectivity index (χ3v) is 4.34. The van der Waals surface area contributed by atoms with Crippen molar-refractivity contribution in [2.24, 2.45) is 5.92 Å². The predicted octanol–water partition coefficient (Wildman–Crippen LogP) is 6.67. The zero-order chi connectivity index (χ0) is 16.7. The molecule has 0 spiro atoms. The third-order valence-electron chi connectivity index (χ3n) is 4.34. The van der Waals surface area contributed by atoms with E-state index < -0.39 is 0 Å². The Morgan fingerprint density at radius 3 is 1.77 bits per heavy atom. The second kappa shape index (κ2) is 14.1. The van der Waals surface area contributed by atoms with Gasteiger partial charge in [-0.05, 0) is 26.7 Å². The van der Waals surface area contributed by atoms with E-state index in [-0.39, 0.29) is 5.60 Å². The number of carbonyl (C=O) groups is 1. The molecule has 22 heavy (non-hydrogen) atoms. The summed E-state index contributed by atoms with van der Waals surface area (Å²) < 4.78 is 4.55. The zero-order valence-electron chi connectivity index (χ0n) is 15.7. The summed E-state index contributed by atoms with van der Waals surface area (Å²) in [6.07, 6.45) is 19.4. The van der Waals surface area contributed by atoms with E-state index in [2.05, 4.69) is 11.7 Å². The van der Waals surface area contributed by atoms with Crippen molar-refractivity contribution in [3.05, 3.63) is 0 Å². The van der Waals surface area contributed by atoms with Gasteiger partial charge in [0.25, 0.3) is 6.47 Å². The van der Waals surface area contributed by atoms with Crippen LogP contribution in [0.4, 0.5) is 0 Å². The van der Waals surface area contributed by atoms with Crippen molar-refractivity contribution in [3.8, 4) is 0 Å². The first-order valence-corrected chi connectivity index (χ1v) is 9.61. The minimum absolute atomic E-state index is 0.318. The lowest BCUT2D eigenvalue weighted by atomic mass is 9.88. The molecule has 1 rings (SSSR count). The molecule has 0 aromatic rings. The van der Waals surface area contributed by atoms with Gasteiger partial charge >= 0.3 is 0 Å². The maximum atomic E-state index is 9.60. The molecule has 1 saturated carbocycles. The summed E-state index contributed by atoms with van der Waals surface area (Å²) in [7, 11) is 0. The fourth-order valence-corrected chi connectivity index (χ4v) is 3.01. The summed E-state index contributed by atoms with van der Waals surface area (Å²) in [6.45, 7) is 8.23. The van der Waals surface area contributed by atoms with Crippen LogP contribution < -0.4 is 0 Å². The molecule has 2 nitrogen and oxygen atoms in total. The Balaban J connectivity index is 0.000000534. The highest BCUT2D eigenvalue weighted by atomic mass is 16.5. The molecule has 0 aromatic carbocycles. The van der Waals surface area contributed by atoms with E-state index in [0.717, 1.165) is 5.92 Å². The van der Waals surface area contributed by atoms with Crippen LogP contribution >= 0.6 is 0 Å². The van der Waals surface area contributed by atoms with Crippen LogP contribution in [0.25, 0.3) is 0 Å². The molecule has 132 valence electrons. The first-order valence-electron chi connectivity index (χ1n) is 9.61. The molecule has 0 unspecified atom stereocenters. The van der Waals surface area contributed by atoms with Gasteiger partial charge < -0.3 is 4.74 Å². The fourth-order valence-electron chi connectivity index (χ4n) is 3.01. The Kier molecular flexibility index (Phi) is 13.7. The first kappa shape index (κ1) is 21.5. The monoisotopic (exact) mass is 312 g/mol. The van der Waals surface area contributed by atoms with Crippen LogP contribution in [0.5, 0.6) is 0 Å². The number of hydrogen-bond acceptors (Lipinski definition) is 2. The van der Waals surface area contributed by atoms with Gasteiger partial charge in [0.05, 0.1) is 0 Å². The van der Waals surface area contributed by atoms with Gasteiger partial charge in [-0.3, -0.25) is 4.79 Å². The molecule has 0 aromatic heterocycles. The van der Waals surface area contributed by atoms with Crippen LogP contribution in [0.3, 0.4) is 0 Å². The van der Waals surface area contributed by atoms with Crippen molar-refractivity contribution in [3.63, 3.8) is 0 Å². The Hall–Kier alpha value is -0.530. The molecule has 0 saturated heterocycles. The Bertz CT molecular complexity index is 230. The van der Waals surface area contributed by atoms with E-state index in [1.807, 2.05) is 20.8 Å². The summed E-state index contributed by atoms with van der Waals surface area (Å²) in [5.41, 5.74) is -0.318. The first-order chi connectivity index (χ1) is 10.5. The zero-order valence-corrected chi connectivity index (χ0v) is 15.7. The molecule has 0 N–H and O–H groups in total. The van der Waals surface area contributed by atoms with Crippen molar-refractivity contribution in [2.75, 3.05) is 0 Å². The maximum Gasteiger partial charge on any atom is 0.293 e. The molecule has 1 aliphatic carbocycles. The van der Waals surface area contributed by atoms with Crippen molar-refractivity contribution < 1.29 is 9.53 Å². The molecule has 2 heteroatoms. The number of hydrogen-bond donors (Lipinski definition) is 0. The molecule has 0 heterocycles. The van der Waals surface area contributed by atoms with Crippen molar-refractivity contribution in [1.82, 2.24) is 0 Å². The van der Waals surface area contributed by atoms with Crippen LogP contribution in [-0.2, 0) is 9.53 Å². The SMILES string of the molecule is CC(C)(C)OC=O.CCCCCC1CCCCCCCCC1. The minimum atomic E-state index is -0.318. The largest absolute Gasteiger partial charge is 0.462 e. The van der Waals surface area contributed by atoms with Crippen molar-refractivity contribution >= 4 is 6.47 Å². The highest BCUT2D eigenvalue weighted by Gasteiger charge is 2.09. The Labute approximate surface area is 139 Å². The normalized spacial score (nSPS) is 18.0. The van der Waals surface area contributed by atoms with E-state index in [4.69, 9.17) is 0 Å². The minimum Gasteiger partial charge on any atom is -0.462 e. The van der Waals surface area contributed by atoms with Crippen LogP contribution in [-0.4, -0.2) is 12.1 Å². The van der Waals surface area contributed by atoms with Gasteiger partial charge in [-0.25, -0.2) is 0 Å². The van der Waals surface area contributed by atoms with Gasteiger partial charge in [0.2, 0.25) is 0 Å². The van der Waals surface area contributed by atoms with Crippen LogP contribution in [0.1, 0.15) is 111 Å². The quantitative estimate of drug-likeness (QED) is 0.419. The van der Waals surface area contributed by atoms with E-state index in [1.165, 1.54) is 83.5 Å². The summed E-state index contributed by atoms with van der Waals surface area (Å²) in [6, 6.07) is 0. The molecule has 0 atom stereocenters. The molecule has 0 bridgehead atoms. The second-order valence-electron chi connectivity index (χ2n) is 7.74. The number of unbranched alkanes of at least 4 members (excludes halogenated alkanes) is 2. The molecular weight excluding hydrogens is 272 g/mol. The van der Waals surface area contributed by atoms with Gasteiger partial charge in [0.1, 0.15) is 5.60 Å². The number of carbonyl (C=O) groups excluding carboxylic acids is 1. The summed E-state index contributed by atoms with van der Waals surface area (Å²) in [5.74, 6) is 1.08. The lowest BCUT2D eigenvalue weighted by Gasteiger charge is -2.18. The average Bonchev–Trinajstić information content (AvgIpc) is 2.45. The Morgan fingerprint density at radius 1 is 0.909 bits per heavy atom. The third kappa shape index (κ3) is 15.9. The summed E-state index contributed by atoms with van der Waals surface area (Å²) >= 11 is 0. The van der Waals surface area contributed by atoms with Crippen molar-refractivity contribution in [1.29, 1.82) is 0 Å². The smallest absolute Gasteiger partial charge is 0.293 e. The molecule has 0 aliphatic heterocycles. The molecule has 1 aliphatic rings. The van der Waals surface area contributed by atoms with Gasteiger partial charge in [-0.15, -0.1) is 0 Å². The Morgan fingerprint density at radius 2 is 1.41 bits per heavy atom. The molecule has 0 amide bonds. The number of rotatable bonds is 5. The van der Waals surface area contributed by atoms with Crippen molar-refractivity contribution in [2.45, 2.75) is 117 Å². The standard InChI is InChI=1S/C15H30.C5H10O2/c1-2-3-9-12-15-13-10-7-5-4-6-8-11-14-15;1-5(2,3)7-4-6/h15H,2-14H2,1H3;4H,1-3H3. The summed E-state index contributed by atoms with van der Waals surface area (Å²) in [5, 5.41) is 0. The van der Waals surface area contributed by atoms with Crippen LogP contribution in [0.2, 0.25) is 0 Å². The molecule has 0 radical (unpaired) electrons. The fraction of sp³-hybridized carbons (Fsp3) is 0.950. The van der Waals surface area contributed by atoms with Gasteiger partial charge in [-0.2, -0.15) is 0 Å². The van der Waals surface area contributed by atoms with Gasteiger partial charge in [0.15, 0.2) is 0 Å². The average molecular weight is 313 g/mol. The maximum absolute atomic E-state index is 9.60. The summed E-state index contributed by atoms with van der Waals surface area (Å²) in [4.78, 5) is 9.60. The van der Waals surface area contributed by atoms with Gasteiger partial charge in [-0.1, -0.05) is 90.4 Å². The van der Waals surface area contributed by atoms with E-state index >= 15 is 0 Å². The van der Waals surface area contributed by atoms with E-state index in [0.29, 0.717) is 6.47 Å². The van der Waals surface area contributed by atoms with E-state index in [1.54, 1.807) is 0 Å². The van der Waals surface area contributed by atoms with E-state index in [9.17, 15) is 4.79 Å². The second-order valence-corrected chi connectivity index (χ2v) is 7.74. The molecule has 1 fully saturated rings. The lowest BCUT2D eigenvalue weighted by Crippen LogP contribution is -2.17. The predicted molar refractivity (Wildman–Crippen MR) is 96.1 cm³/mol. The highest BCUT2D eigenvalue weighted by Crippen LogP contribution is 2.25. The van der Waals surface area contributed by atoms with Crippen LogP contribution in [0.15, 0.2) is 0 Å². The number of ether oxygens (including phenoxy) is 1. The van der Waals surface area contributed by atoms with Crippen LogP contribution in [0, 0.1) is 5.92 Å². The van der Waals surface area contributed by atoms with Gasteiger partial charge in [0, 0.05) is 0 Å².